The van der Waals surface area contributed by atoms with Crippen LogP contribution in [0.1, 0.15) is 23.7 Å². The third-order valence-corrected chi connectivity index (χ3v) is 2.75. The van der Waals surface area contributed by atoms with Gasteiger partial charge in [-0.15, -0.1) is 13.2 Å². The van der Waals surface area contributed by atoms with Crippen molar-refractivity contribution >= 4 is 5.91 Å². The van der Waals surface area contributed by atoms with Crippen LogP contribution in [0.25, 0.3) is 0 Å². The summed E-state index contributed by atoms with van der Waals surface area (Å²) in [7, 11) is 0. The van der Waals surface area contributed by atoms with Crippen LogP contribution in [-0.2, 0) is 4.74 Å². The summed E-state index contributed by atoms with van der Waals surface area (Å²) in [6, 6.07) is 7.22. The quantitative estimate of drug-likeness (QED) is 0.532. The Morgan fingerprint density at radius 1 is 1.29 bits per heavy atom. The lowest BCUT2D eigenvalue weighted by molar-refractivity contribution is 0.0929. The highest BCUT2D eigenvalue weighted by atomic mass is 16.5. The maximum absolute atomic E-state index is 12.2. The van der Waals surface area contributed by atoms with Crippen LogP contribution in [0.4, 0.5) is 0 Å². The number of carbonyl (C=O) groups is 1. The van der Waals surface area contributed by atoms with Gasteiger partial charge in [-0.1, -0.05) is 24.3 Å². The Hall–Kier alpha value is -2.07. The zero-order chi connectivity index (χ0) is 15.5. The number of rotatable bonds is 10. The normalized spacial score (nSPS) is 11.5. The van der Waals surface area contributed by atoms with Crippen LogP contribution >= 0.6 is 0 Å². The summed E-state index contributed by atoms with van der Waals surface area (Å²) < 4.78 is 10.9. The zero-order valence-corrected chi connectivity index (χ0v) is 12.5. The molecule has 1 amide bonds. The molecule has 0 bridgehead atoms. The molecule has 4 nitrogen and oxygen atoms in total. The second-order valence-electron chi connectivity index (χ2n) is 4.61. The predicted octanol–water partition coefficient (Wildman–Crippen LogP) is 2.96. The lowest BCUT2D eigenvalue weighted by Crippen LogP contribution is -2.32. The van der Waals surface area contributed by atoms with Crippen molar-refractivity contribution in [3.8, 4) is 5.75 Å². The Bertz CT molecular complexity index is 471. The Balaban J connectivity index is 2.59. The predicted molar refractivity (Wildman–Crippen MR) is 84.7 cm³/mol. The lowest BCUT2D eigenvalue weighted by Gasteiger charge is -2.14. The molecule has 114 valence electrons. The van der Waals surface area contributed by atoms with Gasteiger partial charge in [0.1, 0.15) is 12.4 Å². The van der Waals surface area contributed by atoms with Crippen molar-refractivity contribution in [1.82, 2.24) is 5.32 Å². The molecule has 0 fully saturated rings. The van der Waals surface area contributed by atoms with E-state index in [4.69, 9.17) is 9.47 Å². The minimum atomic E-state index is -0.146. The maximum Gasteiger partial charge on any atom is 0.255 e. The summed E-state index contributed by atoms with van der Waals surface area (Å²) in [6.45, 7) is 10.5. The van der Waals surface area contributed by atoms with Gasteiger partial charge in [0, 0.05) is 6.04 Å². The molecule has 1 aromatic rings. The summed E-state index contributed by atoms with van der Waals surface area (Å²) in [4.78, 5) is 12.2. The van der Waals surface area contributed by atoms with E-state index in [-0.39, 0.29) is 11.9 Å². The highest BCUT2D eigenvalue weighted by molar-refractivity contribution is 5.97. The van der Waals surface area contributed by atoms with Crippen molar-refractivity contribution in [2.45, 2.75) is 19.4 Å². The third-order valence-electron chi connectivity index (χ3n) is 2.75. The first kappa shape index (κ1) is 17.0. The molecule has 1 N–H and O–H groups in total. The number of carbonyl (C=O) groups excluding carboxylic acids is 1. The van der Waals surface area contributed by atoms with E-state index in [1.54, 1.807) is 24.3 Å². The van der Waals surface area contributed by atoms with E-state index >= 15 is 0 Å². The smallest absolute Gasteiger partial charge is 0.255 e. The SMILES string of the molecule is C=CCOCCOc1ccccc1C(=O)N[C@H](C)CC=C. The average Bonchev–Trinajstić information content (AvgIpc) is 2.47. The van der Waals surface area contributed by atoms with Gasteiger partial charge in [-0.2, -0.15) is 0 Å². The lowest BCUT2D eigenvalue weighted by atomic mass is 10.1. The Morgan fingerprint density at radius 2 is 2.05 bits per heavy atom. The van der Waals surface area contributed by atoms with E-state index < -0.39 is 0 Å². The fourth-order valence-corrected chi connectivity index (χ4v) is 1.77. The van der Waals surface area contributed by atoms with Crippen molar-refractivity contribution in [3.05, 3.63) is 55.1 Å². The molecule has 0 aliphatic rings. The van der Waals surface area contributed by atoms with Crippen molar-refractivity contribution in [2.75, 3.05) is 19.8 Å². The van der Waals surface area contributed by atoms with Gasteiger partial charge in [0.2, 0.25) is 0 Å². The molecule has 0 aliphatic carbocycles. The fraction of sp³-hybridized carbons (Fsp3) is 0.353. The van der Waals surface area contributed by atoms with Crippen molar-refractivity contribution in [3.63, 3.8) is 0 Å². The summed E-state index contributed by atoms with van der Waals surface area (Å²) in [5, 5.41) is 2.91. The van der Waals surface area contributed by atoms with E-state index in [0.29, 0.717) is 31.1 Å². The van der Waals surface area contributed by atoms with Crippen LogP contribution in [-0.4, -0.2) is 31.8 Å². The van der Waals surface area contributed by atoms with Crippen LogP contribution in [0.15, 0.2) is 49.6 Å². The van der Waals surface area contributed by atoms with E-state index in [1.165, 1.54) is 0 Å². The van der Waals surface area contributed by atoms with Crippen LogP contribution in [0.3, 0.4) is 0 Å². The van der Waals surface area contributed by atoms with E-state index in [9.17, 15) is 4.79 Å². The maximum atomic E-state index is 12.2. The number of para-hydroxylation sites is 1. The summed E-state index contributed by atoms with van der Waals surface area (Å²) in [5.74, 6) is 0.412. The Labute approximate surface area is 126 Å². The van der Waals surface area contributed by atoms with Crippen molar-refractivity contribution in [2.24, 2.45) is 0 Å². The van der Waals surface area contributed by atoms with E-state index in [2.05, 4.69) is 18.5 Å². The monoisotopic (exact) mass is 289 g/mol. The first-order valence-corrected chi connectivity index (χ1v) is 7.01. The number of nitrogens with one attached hydrogen (secondary N) is 1. The first-order valence-electron chi connectivity index (χ1n) is 7.01. The molecular weight excluding hydrogens is 266 g/mol. The highest BCUT2D eigenvalue weighted by Gasteiger charge is 2.13. The summed E-state index contributed by atoms with van der Waals surface area (Å²) >= 11 is 0. The number of ether oxygens (including phenoxy) is 2. The molecule has 0 spiro atoms. The van der Waals surface area contributed by atoms with Gasteiger partial charge in [0.05, 0.1) is 18.8 Å². The molecule has 4 heteroatoms. The zero-order valence-electron chi connectivity index (χ0n) is 12.5. The van der Waals surface area contributed by atoms with Gasteiger partial charge in [-0.3, -0.25) is 4.79 Å². The van der Waals surface area contributed by atoms with Gasteiger partial charge in [0.15, 0.2) is 0 Å². The van der Waals surface area contributed by atoms with Crippen LogP contribution in [0, 0.1) is 0 Å². The molecule has 21 heavy (non-hydrogen) atoms. The summed E-state index contributed by atoms with van der Waals surface area (Å²) in [5.41, 5.74) is 0.525. The second kappa shape index (κ2) is 9.77. The minimum absolute atomic E-state index is 0.0407. The molecule has 0 unspecified atom stereocenters. The van der Waals surface area contributed by atoms with Crippen molar-refractivity contribution < 1.29 is 14.3 Å². The summed E-state index contributed by atoms with van der Waals surface area (Å²) in [6.07, 6.45) is 4.19. The van der Waals surface area contributed by atoms with Gasteiger partial charge in [-0.25, -0.2) is 0 Å². The highest BCUT2D eigenvalue weighted by Crippen LogP contribution is 2.18. The molecule has 1 rings (SSSR count). The topological polar surface area (TPSA) is 47.6 Å². The largest absolute Gasteiger partial charge is 0.490 e. The minimum Gasteiger partial charge on any atom is -0.490 e. The van der Waals surface area contributed by atoms with Gasteiger partial charge in [-0.05, 0) is 25.5 Å². The standard InChI is InChI=1S/C17H23NO3/c1-4-8-14(3)18-17(19)15-9-6-7-10-16(15)21-13-12-20-11-5-2/h4-7,9-10,14H,1-2,8,11-13H2,3H3,(H,18,19)/t14-/m1/s1. The molecule has 0 saturated carbocycles. The third kappa shape index (κ3) is 6.27. The molecule has 0 saturated heterocycles. The molecule has 0 aromatic heterocycles. The Kier molecular flexibility index (Phi) is 7.90. The van der Waals surface area contributed by atoms with E-state index in [1.807, 2.05) is 19.1 Å². The number of hydrogen-bond donors (Lipinski definition) is 1. The van der Waals surface area contributed by atoms with Gasteiger partial charge >= 0.3 is 0 Å². The fourth-order valence-electron chi connectivity index (χ4n) is 1.77. The van der Waals surface area contributed by atoms with Gasteiger partial charge < -0.3 is 14.8 Å². The molecule has 0 aliphatic heterocycles. The van der Waals surface area contributed by atoms with Gasteiger partial charge in [0.25, 0.3) is 5.91 Å². The molecule has 1 aromatic carbocycles. The number of hydrogen-bond acceptors (Lipinski definition) is 3. The van der Waals surface area contributed by atoms with Crippen LogP contribution < -0.4 is 10.1 Å². The molecule has 0 radical (unpaired) electrons. The van der Waals surface area contributed by atoms with Crippen molar-refractivity contribution in [1.29, 1.82) is 0 Å². The first-order chi connectivity index (χ1) is 10.2. The molecule has 0 heterocycles. The average molecular weight is 289 g/mol. The van der Waals surface area contributed by atoms with E-state index in [0.717, 1.165) is 6.42 Å². The molecular formula is C17H23NO3. The number of amides is 1. The molecule has 1 atom stereocenters. The van der Waals surface area contributed by atoms with Crippen LogP contribution in [0.5, 0.6) is 5.75 Å². The second-order valence-corrected chi connectivity index (χ2v) is 4.61. The number of benzene rings is 1. The van der Waals surface area contributed by atoms with Crippen LogP contribution in [0.2, 0.25) is 0 Å². The Morgan fingerprint density at radius 3 is 2.76 bits per heavy atom.